The summed E-state index contributed by atoms with van der Waals surface area (Å²) in [6.07, 6.45) is 3.40. The van der Waals surface area contributed by atoms with Gasteiger partial charge in [0.1, 0.15) is 16.7 Å². The van der Waals surface area contributed by atoms with Crippen LogP contribution in [0.2, 0.25) is 5.02 Å². The van der Waals surface area contributed by atoms with E-state index in [2.05, 4.69) is 31.2 Å². The van der Waals surface area contributed by atoms with Gasteiger partial charge in [-0.25, -0.2) is 13.8 Å². The van der Waals surface area contributed by atoms with Crippen molar-refractivity contribution in [2.75, 3.05) is 23.7 Å². The van der Waals surface area contributed by atoms with E-state index in [1.807, 2.05) is 0 Å². The van der Waals surface area contributed by atoms with E-state index < -0.39 is 11.6 Å². The summed E-state index contributed by atoms with van der Waals surface area (Å²) in [6.45, 7) is 1.86. The molecule has 2 aromatic carbocycles. The summed E-state index contributed by atoms with van der Waals surface area (Å²) in [4.78, 5) is 21.1. The Bertz CT molecular complexity index is 1120. The zero-order chi connectivity index (χ0) is 23.2. The molecule has 0 bridgehead atoms. The van der Waals surface area contributed by atoms with Crippen LogP contribution in [0.1, 0.15) is 28.8 Å². The molecular weight excluding hydrogens is 450 g/mol. The molecule has 1 aliphatic heterocycles. The highest BCUT2D eigenvalue weighted by atomic mass is 35.5. The zero-order valence-electron chi connectivity index (χ0n) is 17.7. The van der Waals surface area contributed by atoms with Crippen molar-refractivity contribution in [1.82, 2.24) is 20.6 Å². The monoisotopic (exact) mass is 472 g/mol. The summed E-state index contributed by atoms with van der Waals surface area (Å²) in [5, 5.41) is 12.6. The quantitative estimate of drug-likeness (QED) is 0.411. The average molecular weight is 473 g/mol. The fourth-order valence-corrected chi connectivity index (χ4v) is 3.72. The highest BCUT2D eigenvalue weighted by Gasteiger charge is 2.16. The Labute approximate surface area is 195 Å². The number of carbonyl (C=O) groups excluding carboxylic acids is 1. The molecule has 0 aliphatic carbocycles. The molecule has 1 saturated heterocycles. The molecule has 4 rings (SSSR count). The van der Waals surface area contributed by atoms with Crippen LogP contribution in [0.4, 0.5) is 26.2 Å². The predicted octanol–water partition coefficient (Wildman–Crippen LogP) is 4.25. The first kappa shape index (κ1) is 22.9. The molecule has 2 heterocycles. The van der Waals surface area contributed by atoms with E-state index in [0.717, 1.165) is 32.0 Å². The molecule has 1 aliphatic rings. The van der Waals surface area contributed by atoms with Gasteiger partial charge < -0.3 is 21.3 Å². The minimum atomic E-state index is -0.661. The Hall–Kier alpha value is -3.30. The molecule has 0 spiro atoms. The van der Waals surface area contributed by atoms with Crippen LogP contribution in [0.15, 0.2) is 48.7 Å². The molecule has 10 heteroatoms. The standard InChI is InChI=1S/C23H23ClF2N6O/c24-20-13-29-23(32-21(20)28-11-14-7-16(25)10-17(26)8-14)31-18-4-1-3-15(9-18)22(33)30-19-5-2-6-27-12-19/h1,3-4,7-10,13,19,27H,2,5-6,11-12H2,(H,30,33)(H2,28,29,31,32). The van der Waals surface area contributed by atoms with Gasteiger partial charge in [0.15, 0.2) is 5.82 Å². The Kier molecular flexibility index (Phi) is 7.31. The molecule has 1 fully saturated rings. The number of halogens is 3. The predicted molar refractivity (Wildman–Crippen MR) is 124 cm³/mol. The van der Waals surface area contributed by atoms with Gasteiger partial charge in [-0.2, -0.15) is 4.98 Å². The second-order valence-corrected chi connectivity index (χ2v) is 8.15. The fraction of sp³-hybridized carbons (Fsp3) is 0.261. The van der Waals surface area contributed by atoms with Crippen LogP contribution in [0.25, 0.3) is 0 Å². The number of rotatable bonds is 7. The third kappa shape index (κ3) is 6.36. The van der Waals surface area contributed by atoms with Crippen molar-refractivity contribution >= 4 is 35.0 Å². The summed E-state index contributed by atoms with van der Waals surface area (Å²) < 4.78 is 26.8. The van der Waals surface area contributed by atoms with E-state index in [-0.39, 0.29) is 29.5 Å². The van der Waals surface area contributed by atoms with Crippen molar-refractivity contribution in [2.45, 2.75) is 25.4 Å². The normalized spacial score (nSPS) is 15.7. The second-order valence-electron chi connectivity index (χ2n) is 7.74. The molecule has 4 N–H and O–H groups in total. The molecule has 1 atom stereocenters. The summed E-state index contributed by atoms with van der Waals surface area (Å²) in [5.74, 6) is -0.911. The Morgan fingerprint density at radius 1 is 1.18 bits per heavy atom. The maximum atomic E-state index is 13.4. The molecular formula is C23H23ClF2N6O. The highest BCUT2D eigenvalue weighted by Crippen LogP contribution is 2.23. The highest BCUT2D eigenvalue weighted by molar-refractivity contribution is 6.32. The van der Waals surface area contributed by atoms with Crippen LogP contribution < -0.4 is 21.3 Å². The molecule has 0 saturated carbocycles. The average Bonchev–Trinajstić information content (AvgIpc) is 2.80. The number of hydrogen-bond acceptors (Lipinski definition) is 6. The lowest BCUT2D eigenvalue weighted by Crippen LogP contribution is -2.45. The number of aromatic nitrogens is 2. The fourth-order valence-electron chi connectivity index (χ4n) is 3.56. The first-order chi connectivity index (χ1) is 16.0. The van der Waals surface area contributed by atoms with E-state index >= 15 is 0 Å². The maximum Gasteiger partial charge on any atom is 0.251 e. The van der Waals surface area contributed by atoms with Gasteiger partial charge in [0, 0.05) is 36.4 Å². The Balaban J connectivity index is 1.42. The third-order valence-corrected chi connectivity index (χ3v) is 5.42. The van der Waals surface area contributed by atoms with Crippen LogP contribution in [0.5, 0.6) is 0 Å². The van der Waals surface area contributed by atoms with E-state index in [1.165, 1.54) is 18.3 Å². The number of nitrogens with one attached hydrogen (secondary N) is 4. The number of nitrogens with zero attached hydrogens (tertiary/aromatic N) is 2. The minimum absolute atomic E-state index is 0.114. The number of anilines is 3. The van der Waals surface area contributed by atoms with Gasteiger partial charge in [0.05, 0.1) is 6.20 Å². The molecule has 0 radical (unpaired) electrons. The summed E-state index contributed by atoms with van der Waals surface area (Å²) in [6, 6.07) is 10.4. The van der Waals surface area contributed by atoms with E-state index in [1.54, 1.807) is 24.3 Å². The number of piperidine rings is 1. The van der Waals surface area contributed by atoms with Crippen LogP contribution in [-0.4, -0.2) is 35.0 Å². The number of carbonyl (C=O) groups is 1. The van der Waals surface area contributed by atoms with Crippen LogP contribution in [-0.2, 0) is 6.54 Å². The topological polar surface area (TPSA) is 91.0 Å². The smallest absolute Gasteiger partial charge is 0.251 e. The van der Waals surface area contributed by atoms with E-state index in [9.17, 15) is 13.6 Å². The van der Waals surface area contributed by atoms with Gasteiger partial charge in [-0.3, -0.25) is 4.79 Å². The molecule has 1 amide bonds. The third-order valence-electron chi connectivity index (χ3n) is 5.14. The molecule has 172 valence electrons. The van der Waals surface area contributed by atoms with Gasteiger partial charge in [-0.1, -0.05) is 17.7 Å². The largest absolute Gasteiger partial charge is 0.365 e. The van der Waals surface area contributed by atoms with Gasteiger partial charge >= 0.3 is 0 Å². The molecule has 33 heavy (non-hydrogen) atoms. The van der Waals surface area contributed by atoms with Crippen molar-refractivity contribution in [2.24, 2.45) is 0 Å². The maximum absolute atomic E-state index is 13.4. The summed E-state index contributed by atoms with van der Waals surface area (Å²) in [7, 11) is 0. The molecule has 1 unspecified atom stereocenters. The molecule has 7 nitrogen and oxygen atoms in total. The lowest BCUT2D eigenvalue weighted by Gasteiger charge is -2.23. The van der Waals surface area contributed by atoms with Crippen molar-refractivity contribution in [1.29, 1.82) is 0 Å². The van der Waals surface area contributed by atoms with Crippen molar-refractivity contribution in [3.8, 4) is 0 Å². The van der Waals surface area contributed by atoms with E-state index in [4.69, 9.17) is 11.6 Å². The van der Waals surface area contributed by atoms with Crippen LogP contribution in [0, 0.1) is 11.6 Å². The molecule has 3 aromatic rings. The van der Waals surface area contributed by atoms with Gasteiger partial charge in [0.2, 0.25) is 5.95 Å². The van der Waals surface area contributed by atoms with Crippen molar-refractivity contribution < 1.29 is 13.6 Å². The Morgan fingerprint density at radius 2 is 2.00 bits per heavy atom. The van der Waals surface area contributed by atoms with Gasteiger partial charge in [-0.15, -0.1) is 0 Å². The summed E-state index contributed by atoms with van der Waals surface area (Å²) in [5.41, 5.74) is 1.56. The van der Waals surface area contributed by atoms with Crippen molar-refractivity contribution in [3.05, 3.63) is 76.4 Å². The van der Waals surface area contributed by atoms with Crippen LogP contribution in [0.3, 0.4) is 0 Å². The number of amides is 1. The Morgan fingerprint density at radius 3 is 2.76 bits per heavy atom. The molecule has 1 aromatic heterocycles. The number of hydrogen-bond donors (Lipinski definition) is 4. The lowest BCUT2D eigenvalue weighted by molar-refractivity contribution is 0.0930. The van der Waals surface area contributed by atoms with Crippen LogP contribution >= 0.6 is 11.6 Å². The first-order valence-electron chi connectivity index (χ1n) is 10.6. The second kappa shape index (κ2) is 10.5. The van der Waals surface area contributed by atoms with Gasteiger partial charge in [-0.05, 0) is 55.3 Å². The lowest BCUT2D eigenvalue weighted by atomic mass is 10.1. The zero-order valence-corrected chi connectivity index (χ0v) is 18.4. The van der Waals surface area contributed by atoms with Gasteiger partial charge in [0.25, 0.3) is 5.91 Å². The number of benzene rings is 2. The SMILES string of the molecule is O=C(NC1CCCNC1)c1cccc(Nc2ncc(Cl)c(NCc3cc(F)cc(F)c3)n2)c1. The summed E-state index contributed by atoms with van der Waals surface area (Å²) >= 11 is 6.17. The minimum Gasteiger partial charge on any atom is -0.365 e. The first-order valence-corrected chi connectivity index (χ1v) is 10.9. The van der Waals surface area contributed by atoms with Crippen molar-refractivity contribution in [3.63, 3.8) is 0 Å². The van der Waals surface area contributed by atoms with E-state index in [0.29, 0.717) is 22.6 Å².